The lowest BCUT2D eigenvalue weighted by Gasteiger charge is -2.23. The van der Waals surface area contributed by atoms with E-state index in [1.807, 2.05) is 18.2 Å². The molecule has 0 radical (unpaired) electrons. The van der Waals surface area contributed by atoms with Crippen molar-refractivity contribution in [2.45, 2.75) is 39.2 Å². The fourth-order valence-electron chi connectivity index (χ4n) is 1.79. The number of rotatable bonds is 5. The summed E-state index contributed by atoms with van der Waals surface area (Å²) in [5.41, 5.74) is 1.19. The smallest absolute Gasteiger partial charge is 0.0666 e. The molecule has 1 rings (SSSR count). The monoisotopic (exact) mass is 218 g/mol. The van der Waals surface area contributed by atoms with Crippen molar-refractivity contribution in [1.29, 1.82) is 0 Å². The lowest BCUT2D eigenvalue weighted by atomic mass is 9.87. The van der Waals surface area contributed by atoms with Gasteiger partial charge in [-0.1, -0.05) is 63.3 Å². The molecule has 0 aromatic heterocycles. The van der Waals surface area contributed by atoms with Gasteiger partial charge in [0.2, 0.25) is 0 Å². The molecule has 0 amide bonds. The molecule has 0 saturated heterocycles. The molecule has 2 unspecified atom stereocenters. The molecule has 0 spiro atoms. The second-order valence-electron chi connectivity index (χ2n) is 4.51. The van der Waals surface area contributed by atoms with Gasteiger partial charge in [-0.25, -0.2) is 0 Å². The Balaban J connectivity index is 2.92. The third-order valence-corrected chi connectivity index (χ3v) is 2.81. The van der Waals surface area contributed by atoms with E-state index in [4.69, 9.17) is 0 Å². The van der Waals surface area contributed by atoms with Crippen LogP contribution in [0, 0.1) is 5.92 Å². The van der Waals surface area contributed by atoms with E-state index in [0.29, 0.717) is 0 Å². The Morgan fingerprint density at radius 2 is 1.81 bits per heavy atom. The Morgan fingerprint density at radius 3 is 2.31 bits per heavy atom. The largest absolute Gasteiger partial charge is 0.392 e. The zero-order chi connectivity index (χ0) is 12.0. The van der Waals surface area contributed by atoms with Gasteiger partial charge in [0.05, 0.1) is 6.10 Å². The SMILES string of the molecule is CC/C=C/C(c1ccccc1)C(O)C(C)C. The number of aliphatic hydroxyl groups is 1. The van der Waals surface area contributed by atoms with Crippen molar-refractivity contribution in [3.05, 3.63) is 48.0 Å². The normalized spacial score (nSPS) is 15.6. The van der Waals surface area contributed by atoms with Crippen molar-refractivity contribution < 1.29 is 5.11 Å². The summed E-state index contributed by atoms with van der Waals surface area (Å²) in [7, 11) is 0. The molecule has 0 bridgehead atoms. The van der Waals surface area contributed by atoms with Gasteiger partial charge in [0.1, 0.15) is 0 Å². The summed E-state index contributed by atoms with van der Waals surface area (Å²) in [5, 5.41) is 10.2. The number of hydrogen-bond acceptors (Lipinski definition) is 1. The van der Waals surface area contributed by atoms with Crippen LogP contribution in [0.1, 0.15) is 38.7 Å². The molecule has 0 heterocycles. The van der Waals surface area contributed by atoms with Crippen LogP contribution in [0.3, 0.4) is 0 Å². The summed E-state index contributed by atoms with van der Waals surface area (Å²) < 4.78 is 0. The van der Waals surface area contributed by atoms with E-state index in [0.717, 1.165) is 6.42 Å². The van der Waals surface area contributed by atoms with Crippen LogP contribution in [-0.4, -0.2) is 11.2 Å². The Hall–Kier alpha value is -1.08. The maximum Gasteiger partial charge on any atom is 0.0666 e. The predicted molar refractivity (Wildman–Crippen MR) is 69.5 cm³/mol. The van der Waals surface area contributed by atoms with Crippen molar-refractivity contribution in [2.75, 3.05) is 0 Å². The molecule has 1 heteroatoms. The third-order valence-electron chi connectivity index (χ3n) is 2.81. The van der Waals surface area contributed by atoms with Gasteiger partial charge in [-0.3, -0.25) is 0 Å². The Morgan fingerprint density at radius 1 is 1.19 bits per heavy atom. The van der Waals surface area contributed by atoms with Crippen molar-refractivity contribution in [2.24, 2.45) is 5.92 Å². The zero-order valence-electron chi connectivity index (χ0n) is 10.4. The van der Waals surface area contributed by atoms with E-state index < -0.39 is 0 Å². The van der Waals surface area contributed by atoms with E-state index in [-0.39, 0.29) is 17.9 Å². The lowest BCUT2D eigenvalue weighted by molar-refractivity contribution is 0.111. The van der Waals surface area contributed by atoms with Gasteiger partial charge in [-0.2, -0.15) is 0 Å². The number of aliphatic hydroxyl groups excluding tert-OH is 1. The summed E-state index contributed by atoms with van der Waals surface area (Å²) in [4.78, 5) is 0. The first-order chi connectivity index (χ1) is 7.66. The molecule has 88 valence electrons. The quantitative estimate of drug-likeness (QED) is 0.746. The van der Waals surface area contributed by atoms with Crippen molar-refractivity contribution in [3.63, 3.8) is 0 Å². The molecule has 0 fully saturated rings. The number of benzene rings is 1. The van der Waals surface area contributed by atoms with Gasteiger partial charge >= 0.3 is 0 Å². The molecule has 0 aliphatic rings. The summed E-state index contributed by atoms with van der Waals surface area (Å²) in [6.07, 6.45) is 4.95. The highest BCUT2D eigenvalue weighted by atomic mass is 16.3. The van der Waals surface area contributed by atoms with Gasteiger partial charge in [-0.05, 0) is 17.9 Å². The summed E-state index contributed by atoms with van der Waals surface area (Å²) in [5.74, 6) is 0.382. The van der Waals surface area contributed by atoms with Crippen LogP contribution in [0.4, 0.5) is 0 Å². The predicted octanol–water partition coefficient (Wildman–Crippen LogP) is 3.75. The third kappa shape index (κ3) is 3.49. The summed E-state index contributed by atoms with van der Waals surface area (Å²) >= 11 is 0. The molecule has 16 heavy (non-hydrogen) atoms. The molecule has 1 nitrogen and oxygen atoms in total. The van der Waals surface area contributed by atoms with Crippen LogP contribution < -0.4 is 0 Å². The summed E-state index contributed by atoms with van der Waals surface area (Å²) in [6, 6.07) is 10.2. The molecule has 1 N–H and O–H groups in total. The molecule has 1 aromatic rings. The fraction of sp³-hybridized carbons (Fsp3) is 0.467. The van der Waals surface area contributed by atoms with Gasteiger partial charge in [-0.15, -0.1) is 0 Å². The molecular formula is C15H22O. The van der Waals surface area contributed by atoms with Crippen molar-refractivity contribution in [1.82, 2.24) is 0 Å². The first-order valence-electron chi connectivity index (χ1n) is 6.06. The first kappa shape index (κ1) is 13.0. The molecular weight excluding hydrogens is 196 g/mol. The van der Waals surface area contributed by atoms with E-state index in [1.54, 1.807) is 0 Å². The Kier molecular flexibility index (Phi) is 5.27. The fourth-order valence-corrected chi connectivity index (χ4v) is 1.79. The van der Waals surface area contributed by atoms with E-state index >= 15 is 0 Å². The topological polar surface area (TPSA) is 20.2 Å². The highest BCUT2D eigenvalue weighted by Gasteiger charge is 2.20. The van der Waals surface area contributed by atoms with Crippen LogP contribution in [0.15, 0.2) is 42.5 Å². The molecule has 0 saturated carbocycles. The van der Waals surface area contributed by atoms with Crippen molar-refractivity contribution >= 4 is 0 Å². The van der Waals surface area contributed by atoms with Crippen molar-refractivity contribution in [3.8, 4) is 0 Å². The van der Waals surface area contributed by atoms with Crippen LogP contribution >= 0.6 is 0 Å². The van der Waals surface area contributed by atoms with Gasteiger partial charge < -0.3 is 5.11 Å². The molecule has 1 aromatic carbocycles. The molecule has 2 atom stereocenters. The summed E-state index contributed by atoms with van der Waals surface area (Å²) in [6.45, 7) is 6.22. The van der Waals surface area contributed by atoms with Gasteiger partial charge in [0.25, 0.3) is 0 Å². The van der Waals surface area contributed by atoms with E-state index in [2.05, 4.69) is 45.1 Å². The van der Waals surface area contributed by atoms with Gasteiger partial charge in [0.15, 0.2) is 0 Å². The second-order valence-corrected chi connectivity index (χ2v) is 4.51. The van der Waals surface area contributed by atoms with Crippen LogP contribution in [0.5, 0.6) is 0 Å². The average molecular weight is 218 g/mol. The number of allylic oxidation sites excluding steroid dienone is 1. The van der Waals surface area contributed by atoms with Gasteiger partial charge in [0, 0.05) is 5.92 Å². The Labute approximate surface area is 98.8 Å². The van der Waals surface area contributed by atoms with Crippen LogP contribution in [0.25, 0.3) is 0 Å². The maximum atomic E-state index is 10.2. The second kappa shape index (κ2) is 6.49. The maximum absolute atomic E-state index is 10.2. The lowest BCUT2D eigenvalue weighted by Crippen LogP contribution is -2.22. The average Bonchev–Trinajstić information content (AvgIpc) is 2.30. The minimum Gasteiger partial charge on any atom is -0.392 e. The van der Waals surface area contributed by atoms with E-state index in [1.165, 1.54) is 5.56 Å². The molecule has 0 aliphatic carbocycles. The highest BCUT2D eigenvalue weighted by Crippen LogP contribution is 2.25. The minimum absolute atomic E-state index is 0.112. The first-order valence-corrected chi connectivity index (χ1v) is 6.06. The number of hydrogen-bond donors (Lipinski definition) is 1. The standard InChI is InChI=1S/C15H22O/c1-4-5-11-14(15(16)12(2)3)13-9-7-6-8-10-13/h5-12,14-16H,4H2,1-3H3/b11-5+. The Bertz CT molecular complexity index is 313. The zero-order valence-corrected chi connectivity index (χ0v) is 10.4. The van der Waals surface area contributed by atoms with Crippen LogP contribution in [0.2, 0.25) is 0 Å². The minimum atomic E-state index is -0.315. The highest BCUT2D eigenvalue weighted by molar-refractivity contribution is 5.25. The molecule has 0 aliphatic heterocycles. The van der Waals surface area contributed by atoms with E-state index in [9.17, 15) is 5.11 Å². The van der Waals surface area contributed by atoms with Crippen LogP contribution in [-0.2, 0) is 0 Å².